The molecule has 1 aromatic carbocycles. The summed E-state index contributed by atoms with van der Waals surface area (Å²) in [4.78, 5) is 23.9. The number of ether oxygens (including phenoxy) is 1. The molecule has 180 valence electrons. The summed E-state index contributed by atoms with van der Waals surface area (Å²) in [5.74, 6) is -0.501. The number of rotatable bonds is 8. The Hall–Kier alpha value is -3.11. The van der Waals surface area contributed by atoms with E-state index >= 15 is 0 Å². The number of benzene rings is 1. The monoisotopic (exact) mass is 487 g/mol. The molecule has 0 spiro atoms. The van der Waals surface area contributed by atoms with Gasteiger partial charge in [-0.1, -0.05) is 6.07 Å². The number of carbonyl (C=O) groups excluding carboxylic acids is 1. The van der Waals surface area contributed by atoms with Crippen molar-refractivity contribution in [3.63, 3.8) is 0 Å². The van der Waals surface area contributed by atoms with Crippen LogP contribution in [0.25, 0.3) is 10.6 Å². The Kier molecular flexibility index (Phi) is 7.69. The summed E-state index contributed by atoms with van der Waals surface area (Å²) in [5.41, 5.74) is 1.62. The highest BCUT2D eigenvalue weighted by Crippen LogP contribution is 2.34. The molecule has 3 heterocycles. The first-order valence-corrected chi connectivity index (χ1v) is 11.9. The minimum Gasteiger partial charge on any atom is -0.476 e. The predicted octanol–water partition coefficient (Wildman–Crippen LogP) is 4.18. The van der Waals surface area contributed by atoms with Gasteiger partial charge in [0.25, 0.3) is 5.91 Å². The average molecular weight is 488 g/mol. The molecule has 2 aromatic heterocycles. The zero-order valence-electron chi connectivity index (χ0n) is 19.1. The Morgan fingerprint density at radius 2 is 1.97 bits per heavy atom. The first kappa shape index (κ1) is 24.0. The van der Waals surface area contributed by atoms with Crippen LogP contribution in [0.4, 0.5) is 14.6 Å². The third-order valence-corrected chi connectivity index (χ3v) is 6.93. The van der Waals surface area contributed by atoms with E-state index in [-0.39, 0.29) is 5.91 Å². The Morgan fingerprint density at radius 3 is 2.68 bits per heavy atom. The van der Waals surface area contributed by atoms with Crippen LogP contribution in [0.15, 0.2) is 36.5 Å². The van der Waals surface area contributed by atoms with E-state index < -0.39 is 11.6 Å². The Morgan fingerprint density at radius 1 is 1.18 bits per heavy atom. The molecule has 1 aliphatic rings. The summed E-state index contributed by atoms with van der Waals surface area (Å²) < 4.78 is 32.7. The number of nitrogens with one attached hydrogen (secondary N) is 2. The summed E-state index contributed by atoms with van der Waals surface area (Å²) in [6.45, 7) is 2.72. The lowest BCUT2D eigenvalue weighted by Gasteiger charge is -2.31. The highest BCUT2D eigenvalue weighted by molar-refractivity contribution is 7.17. The fourth-order valence-corrected chi connectivity index (χ4v) is 4.84. The zero-order valence-corrected chi connectivity index (χ0v) is 19.9. The van der Waals surface area contributed by atoms with Gasteiger partial charge in [0.15, 0.2) is 16.5 Å². The van der Waals surface area contributed by atoms with Gasteiger partial charge in [0.1, 0.15) is 10.8 Å². The lowest BCUT2D eigenvalue weighted by atomic mass is 9.97. The van der Waals surface area contributed by atoms with Crippen LogP contribution in [0.3, 0.4) is 0 Å². The van der Waals surface area contributed by atoms with Crippen molar-refractivity contribution in [2.45, 2.75) is 19.4 Å². The first-order valence-electron chi connectivity index (χ1n) is 11.1. The maximum Gasteiger partial charge on any atom is 0.266 e. The summed E-state index contributed by atoms with van der Waals surface area (Å²) in [6.07, 6.45) is 3.51. The molecule has 0 radical (unpaired) electrons. The van der Waals surface area contributed by atoms with Crippen molar-refractivity contribution in [2.75, 3.05) is 39.1 Å². The largest absolute Gasteiger partial charge is 0.476 e. The molecule has 0 aliphatic carbocycles. The van der Waals surface area contributed by atoms with Gasteiger partial charge >= 0.3 is 0 Å². The molecule has 7 nitrogen and oxygen atoms in total. The number of amides is 1. The number of anilines is 1. The van der Waals surface area contributed by atoms with E-state index in [2.05, 4.69) is 25.5 Å². The minimum absolute atomic E-state index is 0.233. The number of likely N-dealkylation sites (tertiary alicyclic amines) is 1. The Balaban J connectivity index is 1.37. The van der Waals surface area contributed by atoms with Gasteiger partial charge in [-0.2, -0.15) is 0 Å². The van der Waals surface area contributed by atoms with Crippen LogP contribution in [-0.2, 0) is 6.54 Å². The van der Waals surface area contributed by atoms with Crippen LogP contribution < -0.4 is 15.4 Å². The van der Waals surface area contributed by atoms with Crippen molar-refractivity contribution < 1.29 is 18.3 Å². The van der Waals surface area contributed by atoms with Crippen LogP contribution >= 0.6 is 11.3 Å². The molecule has 0 unspecified atom stereocenters. The number of hydrogen-bond acceptors (Lipinski definition) is 7. The molecule has 0 atom stereocenters. The van der Waals surface area contributed by atoms with Crippen molar-refractivity contribution >= 4 is 23.1 Å². The van der Waals surface area contributed by atoms with Gasteiger partial charge in [0.05, 0.1) is 6.61 Å². The fraction of sp³-hybridized carbons (Fsp3) is 0.375. The normalized spacial score (nSPS) is 14.7. The molecular formula is C24H27F2N5O2S. The summed E-state index contributed by atoms with van der Waals surface area (Å²) in [5, 5.41) is 6.34. The molecule has 1 saturated heterocycles. The number of thiazole rings is 1. The highest BCUT2D eigenvalue weighted by atomic mass is 32.1. The van der Waals surface area contributed by atoms with E-state index in [0.29, 0.717) is 40.7 Å². The molecular weight excluding hydrogens is 460 g/mol. The van der Waals surface area contributed by atoms with Gasteiger partial charge in [-0.05, 0) is 61.7 Å². The standard InChI is InChI=1S/C24H27F2N5O2S/c1-27-20-12-17(5-8-29-20)24-30-23(21(34-24)22(32)28-2)33-14-15-6-9-31(10-7-15)13-16-3-4-18(25)19(26)11-16/h3-5,8,11-12,15H,6-7,9-10,13-14H2,1-2H3,(H,27,29)(H,28,32). The van der Waals surface area contributed by atoms with Gasteiger partial charge in [-0.3, -0.25) is 9.69 Å². The van der Waals surface area contributed by atoms with Crippen molar-refractivity contribution in [2.24, 2.45) is 5.92 Å². The Bertz CT molecular complexity index is 1150. The van der Waals surface area contributed by atoms with E-state index in [4.69, 9.17) is 4.74 Å². The van der Waals surface area contributed by atoms with E-state index in [1.54, 1.807) is 26.4 Å². The van der Waals surface area contributed by atoms with Gasteiger partial charge in [-0.15, -0.1) is 11.3 Å². The average Bonchev–Trinajstić information content (AvgIpc) is 3.30. The molecule has 4 rings (SSSR count). The third-order valence-electron chi connectivity index (χ3n) is 5.85. The number of pyridine rings is 1. The van der Waals surface area contributed by atoms with Crippen molar-refractivity contribution in [3.8, 4) is 16.5 Å². The third kappa shape index (κ3) is 5.68. The second-order valence-corrected chi connectivity index (χ2v) is 9.19. The van der Waals surface area contributed by atoms with Crippen LogP contribution in [-0.4, -0.2) is 54.6 Å². The van der Waals surface area contributed by atoms with Crippen LogP contribution in [0, 0.1) is 17.6 Å². The number of halogens is 2. The maximum absolute atomic E-state index is 13.5. The number of aromatic nitrogens is 2. The van der Waals surface area contributed by atoms with E-state index in [1.165, 1.54) is 23.5 Å². The van der Waals surface area contributed by atoms with Gasteiger partial charge in [0.2, 0.25) is 5.88 Å². The zero-order chi connectivity index (χ0) is 24.1. The molecule has 2 N–H and O–H groups in total. The van der Waals surface area contributed by atoms with E-state index in [0.717, 1.165) is 37.1 Å². The maximum atomic E-state index is 13.5. The number of nitrogens with zero attached hydrogens (tertiary/aromatic N) is 3. The van der Waals surface area contributed by atoms with Crippen LogP contribution in [0.5, 0.6) is 5.88 Å². The van der Waals surface area contributed by atoms with E-state index in [9.17, 15) is 13.6 Å². The first-order chi connectivity index (χ1) is 16.5. The predicted molar refractivity (Wildman–Crippen MR) is 128 cm³/mol. The number of carbonyl (C=O) groups is 1. The van der Waals surface area contributed by atoms with Crippen LogP contribution in [0.1, 0.15) is 28.1 Å². The fourth-order valence-electron chi connectivity index (χ4n) is 3.89. The summed E-state index contributed by atoms with van der Waals surface area (Å²) in [6, 6.07) is 7.77. The molecule has 34 heavy (non-hydrogen) atoms. The Labute approximate surface area is 201 Å². The molecule has 1 aliphatic heterocycles. The van der Waals surface area contributed by atoms with Crippen LogP contribution in [0.2, 0.25) is 0 Å². The second-order valence-electron chi connectivity index (χ2n) is 8.19. The smallest absolute Gasteiger partial charge is 0.266 e. The van der Waals surface area contributed by atoms with Gasteiger partial charge < -0.3 is 15.4 Å². The lowest BCUT2D eigenvalue weighted by Crippen LogP contribution is -2.35. The van der Waals surface area contributed by atoms with Crippen molar-refractivity contribution in [1.82, 2.24) is 20.2 Å². The second kappa shape index (κ2) is 10.9. The highest BCUT2D eigenvalue weighted by Gasteiger charge is 2.24. The van der Waals surface area contributed by atoms with Crippen molar-refractivity contribution in [1.29, 1.82) is 0 Å². The SMILES string of the molecule is CNC(=O)c1sc(-c2ccnc(NC)c2)nc1OCC1CCN(Cc2ccc(F)c(F)c2)CC1. The van der Waals surface area contributed by atoms with Gasteiger partial charge in [-0.25, -0.2) is 18.7 Å². The quantitative estimate of drug-likeness (QED) is 0.497. The number of piperidine rings is 1. The summed E-state index contributed by atoms with van der Waals surface area (Å²) >= 11 is 1.29. The van der Waals surface area contributed by atoms with Crippen molar-refractivity contribution in [3.05, 3.63) is 58.6 Å². The molecule has 0 saturated carbocycles. The van der Waals surface area contributed by atoms with E-state index in [1.807, 2.05) is 12.1 Å². The minimum atomic E-state index is -0.827. The lowest BCUT2D eigenvalue weighted by molar-refractivity contribution is 0.0958. The number of hydrogen-bond donors (Lipinski definition) is 2. The van der Waals surface area contributed by atoms with Gasteiger partial charge in [0, 0.05) is 32.4 Å². The molecule has 1 amide bonds. The molecule has 3 aromatic rings. The topological polar surface area (TPSA) is 79.4 Å². The molecule has 0 bridgehead atoms. The molecule has 1 fully saturated rings. The summed E-state index contributed by atoms with van der Waals surface area (Å²) in [7, 11) is 3.38. The molecule has 10 heteroatoms.